The molecule has 1 fully saturated rings. The van der Waals surface area contributed by atoms with Crippen molar-refractivity contribution < 1.29 is 14.3 Å². The molecule has 170 valence electrons. The number of fused-ring (bicyclic) bond motifs is 3. The highest BCUT2D eigenvalue weighted by molar-refractivity contribution is 7.71. The Balaban J connectivity index is 1.19. The van der Waals surface area contributed by atoms with Crippen molar-refractivity contribution in [3.8, 4) is 5.75 Å². The molecule has 1 amide bonds. The Morgan fingerprint density at radius 1 is 1.12 bits per heavy atom. The van der Waals surface area contributed by atoms with Crippen molar-refractivity contribution in [3.05, 3.63) is 53.3 Å². The molecule has 0 saturated carbocycles. The van der Waals surface area contributed by atoms with Crippen molar-refractivity contribution in [1.82, 2.24) is 14.5 Å². The number of rotatable bonds is 5. The molecule has 1 aromatic heterocycles. The number of aromatic nitrogens is 2. The van der Waals surface area contributed by atoms with Crippen LogP contribution >= 0.6 is 12.2 Å². The quantitative estimate of drug-likeness (QED) is 0.582. The molecule has 8 nitrogen and oxygen atoms in total. The van der Waals surface area contributed by atoms with Gasteiger partial charge in [-0.2, -0.15) is 0 Å². The Labute approximate surface area is 196 Å². The van der Waals surface area contributed by atoms with E-state index in [1.165, 1.54) is 4.57 Å². The fourth-order valence-corrected chi connectivity index (χ4v) is 4.78. The number of hydrogen-bond donors (Lipinski definition) is 1. The van der Waals surface area contributed by atoms with Gasteiger partial charge in [-0.05, 0) is 55.0 Å². The smallest absolute Gasteiger partial charge is 0.257 e. The highest BCUT2D eigenvalue weighted by Crippen LogP contribution is 2.29. The van der Waals surface area contributed by atoms with Gasteiger partial charge >= 0.3 is 0 Å². The van der Waals surface area contributed by atoms with Gasteiger partial charge in [0.05, 0.1) is 12.6 Å². The summed E-state index contributed by atoms with van der Waals surface area (Å²) in [5.74, 6) is 1.42. The lowest BCUT2D eigenvalue weighted by atomic mass is 10.1. The molecule has 1 saturated heterocycles. The summed E-state index contributed by atoms with van der Waals surface area (Å²) < 4.78 is 6.92. The lowest BCUT2D eigenvalue weighted by Gasteiger charge is -2.36. The number of carbonyl (C=O) groups is 2. The van der Waals surface area contributed by atoms with Crippen LogP contribution in [0.1, 0.15) is 17.6 Å². The van der Waals surface area contributed by atoms with Crippen LogP contribution in [0, 0.1) is 4.77 Å². The van der Waals surface area contributed by atoms with Crippen molar-refractivity contribution in [2.45, 2.75) is 18.9 Å². The van der Waals surface area contributed by atoms with Crippen molar-refractivity contribution in [3.63, 3.8) is 0 Å². The Bertz CT molecular complexity index is 1270. The third-order valence-electron chi connectivity index (χ3n) is 6.34. The first kappa shape index (κ1) is 21.4. The van der Waals surface area contributed by atoms with Gasteiger partial charge in [-0.25, -0.2) is 9.55 Å². The summed E-state index contributed by atoms with van der Waals surface area (Å²) in [5.41, 5.74) is 1.87. The van der Waals surface area contributed by atoms with Crippen LogP contribution in [0.2, 0.25) is 0 Å². The fourth-order valence-electron chi connectivity index (χ4n) is 4.50. The van der Waals surface area contributed by atoms with Crippen LogP contribution in [-0.2, 0) is 4.79 Å². The molecule has 1 N–H and O–H groups in total. The minimum Gasteiger partial charge on any atom is -0.497 e. The zero-order valence-corrected chi connectivity index (χ0v) is 19.2. The van der Waals surface area contributed by atoms with E-state index in [-0.39, 0.29) is 16.6 Å². The molecule has 1 atom stereocenters. The van der Waals surface area contributed by atoms with Crippen LogP contribution in [0.5, 0.6) is 5.75 Å². The normalized spacial score (nSPS) is 17.7. The minimum absolute atomic E-state index is 0.0708. The van der Waals surface area contributed by atoms with Crippen LogP contribution in [0.3, 0.4) is 0 Å². The largest absolute Gasteiger partial charge is 0.497 e. The van der Waals surface area contributed by atoms with Gasteiger partial charge in [0.1, 0.15) is 17.6 Å². The van der Waals surface area contributed by atoms with E-state index in [0.717, 1.165) is 35.4 Å². The van der Waals surface area contributed by atoms with E-state index < -0.39 is 6.04 Å². The third kappa shape index (κ3) is 4.04. The molecule has 2 aromatic carbocycles. The molecular weight excluding hydrogens is 438 g/mol. The first-order valence-electron chi connectivity index (χ1n) is 11.0. The first-order valence-corrected chi connectivity index (χ1v) is 11.5. The van der Waals surface area contributed by atoms with Crippen molar-refractivity contribution in [2.75, 3.05) is 43.5 Å². The molecule has 0 radical (unpaired) electrons. The highest BCUT2D eigenvalue weighted by Gasteiger charge is 2.32. The van der Waals surface area contributed by atoms with Gasteiger partial charge in [0.15, 0.2) is 0 Å². The second-order valence-corrected chi connectivity index (χ2v) is 8.60. The number of anilines is 2. The Morgan fingerprint density at radius 3 is 2.58 bits per heavy atom. The topological polar surface area (TPSA) is 79.7 Å². The lowest BCUT2D eigenvalue weighted by Crippen LogP contribution is -2.49. The molecule has 3 heterocycles. The molecule has 0 bridgehead atoms. The Hall–Kier alpha value is -3.46. The maximum absolute atomic E-state index is 12.9. The van der Waals surface area contributed by atoms with Gasteiger partial charge in [-0.1, -0.05) is 12.1 Å². The van der Waals surface area contributed by atoms with Crippen LogP contribution in [0.25, 0.3) is 10.9 Å². The molecule has 2 aliphatic heterocycles. The van der Waals surface area contributed by atoms with Crippen LogP contribution in [0.4, 0.5) is 11.5 Å². The summed E-state index contributed by atoms with van der Waals surface area (Å²) in [7, 11) is 1.65. The van der Waals surface area contributed by atoms with E-state index in [9.17, 15) is 9.59 Å². The predicted octanol–water partition coefficient (Wildman–Crippen LogP) is 3.34. The average molecular weight is 464 g/mol. The Morgan fingerprint density at radius 2 is 1.85 bits per heavy atom. The van der Waals surface area contributed by atoms with E-state index in [1.54, 1.807) is 7.11 Å². The number of methoxy groups -OCH3 is 1. The molecule has 0 spiro atoms. The molecule has 3 aromatic rings. The SMILES string of the molecule is COc1ccc(N2CCN(C(=O)CC[C@@H]3Nc4c5ccccc5nc(=S)n4C3=O)CC2)cc1. The Kier molecular flexibility index (Phi) is 5.72. The molecule has 33 heavy (non-hydrogen) atoms. The lowest BCUT2D eigenvalue weighted by molar-refractivity contribution is -0.131. The van der Waals surface area contributed by atoms with Gasteiger partial charge in [0, 0.05) is 43.7 Å². The number of amides is 1. The van der Waals surface area contributed by atoms with E-state index in [2.05, 4.69) is 15.2 Å². The summed E-state index contributed by atoms with van der Waals surface area (Å²) in [6.07, 6.45) is 0.722. The number of para-hydroxylation sites is 1. The zero-order chi connectivity index (χ0) is 22.9. The summed E-state index contributed by atoms with van der Waals surface area (Å²) in [6, 6.07) is 15.1. The van der Waals surface area contributed by atoms with E-state index >= 15 is 0 Å². The predicted molar refractivity (Wildman–Crippen MR) is 130 cm³/mol. The van der Waals surface area contributed by atoms with Crippen LogP contribution < -0.4 is 15.0 Å². The summed E-state index contributed by atoms with van der Waals surface area (Å²) in [5, 5.41) is 4.13. The van der Waals surface area contributed by atoms with E-state index in [1.807, 2.05) is 53.4 Å². The maximum atomic E-state index is 12.9. The third-order valence-corrected chi connectivity index (χ3v) is 6.61. The molecule has 2 aliphatic rings. The number of nitrogens with one attached hydrogen (secondary N) is 1. The maximum Gasteiger partial charge on any atom is 0.257 e. The number of nitrogens with zero attached hydrogens (tertiary/aromatic N) is 4. The van der Waals surface area contributed by atoms with E-state index in [0.29, 0.717) is 31.7 Å². The van der Waals surface area contributed by atoms with Gasteiger partial charge in [0.25, 0.3) is 5.91 Å². The van der Waals surface area contributed by atoms with Crippen LogP contribution in [-0.4, -0.2) is 65.6 Å². The van der Waals surface area contributed by atoms with E-state index in [4.69, 9.17) is 17.0 Å². The number of hydrogen-bond acceptors (Lipinski definition) is 7. The fraction of sp³-hybridized carbons (Fsp3) is 0.333. The minimum atomic E-state index is -0.483. The molecule has 9 heteroatoms. The molecule has 0 unspecified atom stereocenters. The number of piperazine rings is 1. The molecule has 0 aliphatic carbocycles. The number of ether oxygens (including phenoxy) is 1. The number of carbonyl (C=O) groups excluding carboxylic acids is 2. The van der Waals surface area contributed by atoms with Gasteiger partial charge in [-0.3, -0.25) is 9.59 Å². The van der Waals surface area contributed by atoms with Crippen molar-refractivity contribution >= 4 is 46.4 Å². The zero-order valence-electron chi connectivity index (χ0n) is 18.4. The second-order valence-electron chi connectivity index (χ2n) is 8.24. The van der Waals surface area contributed by atoms with Gasteiger partial charge < -0.3 is 19.9 Å². The highest BCUT2D eigenvalue weighted by atomic mass is 32.1. The number of benzene rings is 2. The molecule has 5 rings (SSSR count). The van der Waals surface area contributed by atoms with Crippen LogP contribution in [0.15, 0.2) is 48.5 Å². The first-order chi connectivity index (χ1) is 16.0. The molecular formula is C24H25N5O3S. The standard InChI is InChI=1S/C24H25N5O3S/c1-32-17-8-6-16(7-9-17)27-12-14-28(15-13-27)21(30)11-10-20-23(31)29-22(25-20)18-4-2-3-5-19(18)26-24(29)33/h2-9,20,25H,10-15H2,1H3/t20-/m0/s1. The van der Waals surface area contributed by atoms with Crippen molar-refractivity contribution in [2.24, 2.45) is 0 Å². The summed E-state index contributed by atoms with van der Waals surface area (Å²) in [6.45, 7) is 2.88. The van der Waals surface area contributed by atoms with Gasteiger partial charge in [0.2, 0.25) is 10.7 Å². The van der Waals surface area contributed by atoms with Gasteiger partial charge in [-0.15, -0.1) is 0 Å². The second kappa shape index (κ2) is 8.82. The summed E-state index contributed by atoms with van der Waals surface area (Å²) >= 11 is 5.34. The van der Waals surface area contributed by atoms with Crippen molar-refractivity contribution in [1.29, 1.82) is 0 Å². The monoisotopic (exact) mass is 463 g/mol. The average Bonchev–Trinajstić information content (AvgIpc) is 3.19. The summed E-state index contributed by atoms with van der Waals surface area (Å²) in [4.78, 5) is 34.3.